The number of imide groups is 3. The Balaban J connectivity index is 2.25. The molecule has 1 aromatic heterocycles. The first-order valence-corrected chi connectivity index (χ1v) is 5.55. The maximum Gasteiger partial charge on any atom is 0.263 e. The molecule has 1 aliphatic heterocycles. The molecule has 1 saturated heterocycles. The molecule has 1 unspecified atom stereocenters. The first kappa shape index (κ1) is 12.4. The molecule has 2 rings (SSSR count). The second-order valence-electron chi connectivity index (χ2n) is 4.43. The minimum atomic E-state index is -1.34. The van der Waals surface area contributed by atoms with Crippen molar-refractivity contribution < 1.29 is 19.0 Å². The Bertz CT molecular complexity index is 515. The summed E-state index contributed by atoms with van der Waals surface area (Å²) >= 11 is 0. The van der Waals surface area contributed by atoms with E-state index in [2.05, 4.69) is 0 Å². The molecule has 1 fully saturated rings. The van der Waals surface area contributed by atoms with Crippen molar-refractivity contribution in [2.75, 3.05) is 0 Å². The van der Waals surface area contributed by atoms with Gasteiger partial charge < -0.3 is 5.73 Å². The molecular formula is C12H14N3O3+. The highest BCUT2D eigenvalue weighted by Crippen LogP contribution is 2.22. The number of hydrogen-bond acceptors (Lipinski definition) is 4. The van der Waals surface area contributed by atoms with E-state index in [9.17, 15) is 14.4 Å². The van der Waals surface area contributed by atoms with Gasteiger partial charge in [0.15, 0.2) is 24.5 Å². The van der Waals surface area contributed by atoms with Gasteiger partial charge in [0.05, 0.1) is 6.42 Å². The van der Waals surface area contributed by atoms with Crippen LogP contribution in [0.25, 0.3) is 0 Å². The zero-order chi connectivity index (χ0) is 13.3. The fraction of sp³-hybridized carbons (Fsp3) is 0.333. The van der Waals surface area contributed by atoms with Crippen LogP contribution in [0.5, 0.6) is 0 Å². The van der Waals surface area contributed by atoms with E-state index in [1.165, 1.54) is 6.92 Å². The van der Waals surface area contributed by atoms with E-state index < -0.39 is 23.3 Å². The summed E-state index contributed by atoms with van der Waals surface area (Å²) in [5.41, 5.74) is 4.63. The molecular weight excluding hydrogens is 234 g/mol. The molecule has 1 atom stereocenters. The van der Waals surface area contributed by atoms with Crippen molar-refractivity contribution in [3.63, 3.8) is 0 Å². The van der Waals surface area contributed by atoms with Crippen molar-refractivity contribution in [3.05, 3.63) is 30.6 Å². The van der Waals surface area contributed by atoms with Gasteiger partial charge in [-0.15, -0.1) is 0 Å². The van der Waals surface area contributed by atoms with Crippen LogP contribution in [0.1, 0.15) is 13.3 Å². The van der Waals surface area contributed by atoms with Gasteiger partial charge in [-0.05, 0) is 0 Å². The summed E-state index contributed by atoms with van der Waals surface area (Å²) in [5.74, 6) is -1.75. The van der Waals surface area contributed by atoms with E-state index in [1.54, 1.807) is 29.1 Å². The molecule has 1 aliphatic rings. The molecule has 0 bridgehead atoms. The van der Waals surface area contributed by atoms with Crippen LogP contribution in [0, 0.1) is 0 Å². The van der Waals surface area contributed by atoms with Crippen molar-refractivity contribution >= 4 is 17.7 Å². The van der Waals surface area contributed by atoms with Gasteiger partial charge in [0.1, 0.15) is 0 Å². The van der Waals surface area contributed by atoms with E-state index in [0.29, 0.717) is 4.90 Å². The summed E-state index contributed by atoms with van der Waals surface area (Å²) in [5, 5.41) is 0. The molecule has 2 heterocycles. The van der Waals surface area contributed by atoms with Gasteiger partial charge in [-0.3, -0.25) is 14.4 Å². The number of carbonyl (C=O) groups is 3. The zero-order valence-corrected chi connectivity index (χ0v) is 10.00. The highest BCUT2D eigenvalue weighted by molar-refractivity contribution is 6.18. The fourth-order valence-corrected chi connectivity index (χ4v) is 2.07. The summed E-state index contributed by atoms with van der Waals surface area (Å²) in [6.07, 6.45) is 3.36. The SMILES string of the molecule is CC(=O)N1C(=O)CC(N)(C[n+]2ccccc2)C1=O. The van der Waals surface area contributed by atoms with E-state index in [4.69, 9.17) is 5.73 Å². The summed E-state index contributed by atoms with van der Waals surface area (Å²) in [6.45, 7) is 1.35. The predicted molar refractivity (Wildman–Crippen MR) is 60.7 cm³/mol. The van der Waals surface area contributed by atoms with Crippen molar-refractivity contribution in [1.29, 1.82) is 0 Å². The van der Waals surface area contributed by atoms with Crippen molar-refractivity contribution in [2.24, 2.45) is 5.73 Å². The minimum absolute atomic E-state index is 0.146. The summed E-state index contributed by atoms with van der Waals surface area (Å²) < 4.78 is 1.72. The van der Waals surface area contributed by atoms with Gasteiger partial charge in [-0.1, -0.05) is 6.07 Å². The lowest BCUT2D eigenvalue weighted by atomic mass is 9.99. The molecule has 0 spiro atoms. The molecule has 6 heteroatoms. The van der Waals surface area contributed by atoms with E-state index in [0.717, 1.165) is 0 Å². The number of nitrogens with zero attached hydrogens (tertiary/aromatic N) is 2. The average molecular weight is 248 g/mol. The number of carbonyl (C=O) groups excluding carboxylic acids is 3. The van der Waals surface area contributed by atoms with Gasteiger partial charge in [-0.25, -0.2) is 9.47 Å². The van der Waals surface area contributed by atoms with Crippen molar-refractivity contribution in [2.45, 2.75) is 25.4 Å². The molecule has 3 amide bonds. The van der Waals surface area contributed by atoms with Crippen LogP contribution in [-0.2, 0) is 20.9 Å². The third-order valence-corrected chi connectivity index (χ3v) is 2.90. The van der Waals surface area contributed by atoms with Gasteiger partial charge in [0.25, 0.3) is 5.91 Å². The Morgan fingerprint density at radius 3 is 2.50 bits per heavy atom. The van der Waals surface area contributed by atoms with Crippen LogP contribution < -0.4 is 10.3 Å². The first-order chi connectivity index (χ1) is 8.44. The number of aromatic nitrogens is 1. The third-order valence-electron chi connectivity index (χ3n) is 2.90. The van der Waals surface area contributed by atoms with Gasteiger partial charge >= 0.3 is 0 Å². The minimum Gasteiger partial charge on any atom is -0.312 e. The molecule has 0 aromatic carbocycles. The molecule has 0 aliphatic carbocycles. The van der Waals surface area contributed by atoms with Crippen molar-refractivity contribution in [1.82, 2.24) is 4.90 Å². The summed E-state index contributed by atoms with van der Waals surface area (Å²) in [4.78, 5) is 35.5. The van der Waals surface area contributed by atoms with E-state index >= 15 is 0 Å². The quantitative estimate of drug-likeness (QED) is 0.536. The van der Waals surface area contributed by atoms with Crippen LogP contribution in [0.15, 0.2) is 30.6 Å². The van der Waals surface area contributed by atoms with Gasteiger partial charge in [-0.2, -0.15) is 0 Å². The standard InChI is InChI=1S/C12H14N3O3/c1-9(16)15-10(17)7-12(13,11(15)18)8-14-5-3-2-4-6-14/h2-6H,7-8,13H2,1H3/q+1. The number of likely N-dealkylation sites (tertiary alicyclic amines) is 1. The van der Waals surface area contributed by atoms with Crippen LogP contribution in [-0.4, -0.2) is 28.2 Å². The number of nitrogens with two attached hydrogens (primary N) is 1. The Hall–Kier alpha value is -2.08. The van der Waals surface area contributed by atoms with Crippen molar-refractivity contribution in [3.8, 4) is 0 Å². The monoisotopic (exact) mass is 248 g/mol. The molecule has 0 radical (unpaired) electrons. The predicted octanol–water partition coefficient (Wildman–Crippen LogP) is -1.02. The van der Waals surface area contributed by atoms with Gasteiger partial charge in [0.2, 0.25) is 11.8 Å². The Kier molecular flexibility index (Phi) is 2.96. The number of hydrogen-bond donors (Lipinski definition) is 1. The fourth-order valence-electron chi connectivity index (χ4n) is 2.07. The molecule has 94 valence electrons. The lowest BCUT2D eigenvalue weighted by molar-refractivity contribution is -0.701. The lowest BCUT2D eigenvalue weighted by Gasteiger charge is -2.17. The maximum absolute atomic E-state index is 12.0. The lowest BCUT2D eigenvalue weighted by Crippen LogP contribution is -2.58. The molecule has 6 nitrogen and oxygen atoms in total. The summed E-state index contributed by atoms with van der Waals surface area (Å²) in [6, 6.07) is 5.43. The van der Waals surface area contributed by atoms with Crippen LogP contribution in [0.2, 0.25) is 0 Å². The van der Waals surface area contributed by atoms with E-state index in [1.807, 2.05) is 6.07 Å². The first-order valence-electron chi connectivity index (χ1n) is 5.55. The number of rotatable bonds is 2. The second-order valence-corrected chi connectivity index (χ2v) is 4.43. The normalized spacial score (nSPS) is 23.6. The van der Waals surface area contributed by atoms with E-state index in [-0.39, 0.29) is 13.0 Å². The molecule has 1 aromatic rings. The average Bonchev–Trinajstić information content (AvgIpc) is 2.50. The molecule has 0 saturated carbocycles. The maximum atomic E-state index is 12.0. The smallest absolute Gasteiger partial charge is 0.263 e. The Labute approximate surface area is 104 Å². The Morgan fingerprint density at radius 1 is 1.39 bits per heavy atom. The second kappa shape index (κ2) is 4.30. The van der Waals surface area contributed by atoms with Gasteiger partial charge in [0, 0.05) is 19.1 Å². The Morgan fingerprint density at radius 2 is 2.00 bits per heavy atom. The molecule has 2 N–H and O–H groups in total. The zero-order valence-electron chi connectivity index (χ0n) is 10.00. The number of amides is 3. The van der Waals surface area contributed by atoms with Crippen LogP contribution in [0.4, 0.5) is 0 Å². The molecule has 18 heavy (non-hydrogen) atoms. The summed E-state index contributed by atoms with van der Waals surface area (Å²) in [7, 11) is 0. The highest BCUT2D eigenvalue weighted by atomic mass is 16.2. The van der Waals surface area contributed by atoms with Crippen LogP contribution >= 0.6 is 0 Å². The van der Waals surface area contributed by atoms with Crippen LogP contribution in [0.3, 0.4) is 0 Å². The number of pyridine rings is 1. The highest BCUT2D eigenvalue weighted by Gasteiger charge is 2.53. The topological polar surface area (TPSA) is 84.3 Å². The third kappa shape index (κ3) is 2.02. The largest absolute Gasteiger partial charge is 0.312 e.